The monoisotopic (exact) mass is 292 g/mol. The predicted octanol–water partition coefficient (Wildman–Crippen LogP) is 4.53. The Morgan fingerprint density at radius 1 is 0.900 bits per heavy atom. The summed E-state index contributed by atoms with van der Waals surface area (Å²) in [7, 11) is 1.34. The van der Waals surface area contributed by atoms with E-state index in [-0.39, 0.29) is 5.69 Å². The SMILES string of the molecule is Cn1[c]ccc1-c1c(C(F)(F)F)cccc1C(F)(F)F. The van der Waals surface area contributed by atoms with E-state index in [9.17, 15) is 26.3 Å². The van der Waals surface area contributed by atoms with Crippen LogP contribution < -0.4 is 0 Å². The summed E-state index contributed by atoms with van der Waals surface area (Å²) in [6.07, 6.45) is -7.24. The van der Waals surface area contributed by atoms with E-state index in [1.54, 1.807) is 0 Å². The summed E-state index contributed by atoms with van der Waals surface area (Å²) in [6.45, 7) is 0. The molecule has 0 fully saturated rings. The molecule has 0 saturated heterocycles. The van der Waals surface area contributed by atoms with Gasteiger partial charge in [-0.1, -0.05) is 6.07 Å². The Kier molecular flexibility index (Phi) is 3.31. The molecule has 1 heterocycles. The summed E-state index contributed by atoms with van der Waals surface area (Å²) in [5.41, 5.74) is -3.70. The number of halogens is 6. The van der Waals surface area contributed by atoms with Crippen LogP contribution in [-0.4, -0.2) is 4.57 Å². The highest BCUT2D eigenvalue weighted by Gasteiger charge is 2.41. The van der Waals surface area contributed by atoms with Crippen LogP contribution in [0.2, 0.25) is 0 Å². The van der Waals surface area contributed by atoms with Crippen molar-refractivity contribution in [2.45, 2.75) is 12.4 Å². The van der Waals surface area contributed by atoms with Crippen molar-refractivity contribution in [3.63, 3.8) is 0 Å². The minimum atomic E-state index is -4.87. The van der Waals surface area contributed by atoms with Gasteiger partial charge in [0, 0.05) is 18.3 Å². The third kappa shape index (κ3) is 2.52. The van der Waals surface area contributed by atoms with Gasteiger partial charge in [0.1, 0.15) is 0 Å². The smallest absolute Gasteiger partial charge is 0.342 e. The van der Waals surface area contributed by atoms with E-state index in [0.717, 1.165) is 10.6 Å². The van der Waals surface area contributed by atoms with Gasteiger partial charge in [-0.05, 0) is 24.3 Å². The predicted molar refractivity (Wildman–Crippen MR) is 59.7 cm³/mol. The summed E-state index contributed by atoms with van der Waals surface area (Å²) in [6, 6.07) is 4.46. The van der Waals surface area contributed by atoms with Crippen molar-refractivity contribution in [2.24, 2.45) is 7.05 Å². The molecule has 1 nitrogen and oxygen atoms in total. The van der Waals surface area contributed by atoms with Crippen molar-refractivity contribution in [1.82, 2.24) is 4.57 Å². The largest absolute Gasteiger partial charge is 0.417 e. The van der Waals surface area contributed by atoms with Crippen LogP contribution >= 0.6 is 0 Å². The molecule has 2 rings (SSSR count). The fraction of sp³-hybridized carbons (Fsp3) is 0.231. The number of hydrogen-bond donors (Lipinski definition) is 0. The maximum atomic E-state index is 13.0. The zero-order valence-corrected chi connectivity index (χ0v) is 10.1. The second-order valence-electron chi connectivity index (χ2n) is 4.13. The standard InChI is InChI=1S/C13H8F6N/c1-20-7-3-6-10(20)11-8(12(14,15)16)4-2-5-9(11)13(17,18)19/h2-6H,1H3. The van der Waals surface area contributed by atoms with Gasteiger partial charge in [0.05, 0.1) is 17.3 Å². The van der Waals surface area contributed by atoms with Crippen molar-refractivity contribution < 1.29 is 26.3 Å². The van der Waals surface area contributed by atoms with E-state index < -0.39 is 29.0 Å². The summed E-state index contributed by atoms with van der Waals surface area (Å²) < 4.78 is 78.8. The van der Waals surface area contributed by atoms with Crippen molar-refractivity contribution in [3.8, 4) is 11.3 Å². The lowest BCUT2D eigenvalue weighted by molar-refractivity contribution is -0.142. The Balaban J connectivity index is 2.83. The number of nitrogens with zero attached hydrogens (tertiary/aromatic N) is 1. The molecule has 0 bridgehead atoms. The second-order valence-corrected chi connectivity index (χ2v) is 4.13. The molecule has 0 N–H and O–H groups in total. The Labute approximate surface area is 110 Å². The molecule has 0 aliphatic rings. The van der Waals surface area contributed by atoms with Crippen molar-refractivity contribution >= 4 is 0 Å². The molecule has 0 unspecified atom stereocenters. The lowest BCUT2D eigenvalue weighted by atomic mass is 9.97. The van der Waals surface area contributed by atoms with E-state index >= 15 is 0 Å². The Morgan fingerprint density at radius 2 is 1.40 bits per heavy atom. The van der Waals surface area contributed by atoms with Crippen LogP contribution in [0, 0.1) is 6.20 Å². The minimum absolute atomic E-state index is 0.190. The molecule has 2 aromatic rings. The molecule has 1 aromatic heterocycles. The molecule has 107 valence electrons. The van der Waals surface area contributed by atoms with Crippen LogP contribution in [0.25, 0.3) is 11.3 Å². The molecule has 0 aliphatic heterocycles. The number of rotatable bonds is 1. The first-order valence-electron chi connectivity index (χ1n) is 5.43. The highest BCUT2D eigenvalue weighted by atomic mass is 19.4. The second kappa shape index (κ2) is 4.57. The van der Waals surface area contributed by atoms with E-state index in [0.29, 0.717) is 12.1 Å². The lowest BCUT2D eigenvalue weighted by Gasteiger charge is -2.19. The molecule has 0 atom stereocenters. The molecule has 20 heavy (non-hydrogen) atoms. The third-order valence-electron chi connectivity index (χ3n) is 2.80. The van der Waals surface area contributed by atoms with E-state index in [1.165, 1.54) is 19.2 Å². The molecule has 1 aromatic carbocycles. The average Bonchev–Trinajstić information content (AvgIpc) is 2.72. The number of aryl methyl sites for hydroxylation is 1. The summed E-state index contributed by atoms with van der Waals surface area (Å²) in [4.78, 5) is 0. The zero-order valence-electron chi connectivity index (χ0n) is 10.1. The van der Waals surface area contributed by atoms with Gasteiger partial charge in [-0.3, -0.25) is 0 Å². The number of alkyl halides is 6. The summed E-state index contributed by atoms with van der Waals surface area (Å²) in [5, 5.41) is 0. The van der Waals surface area contributed by atoms with Gasteiger partial charge in [0.25, 0.3) is 0 Å². The van der Waals surface area contributed by atoms with Gasteiger partial charge in [-0.25, -0.2) is 0 Å². The Bertz CT molecular complexity index is 588. The lowest BCUT2D eigenvalue weighted by Crippen LogP contribution is -2.15. The van der Waals surface area contributed by atoms with Crippen molar-refractivity contribution in [3.05, 3.63) is 47.7 Å². The first kappa shape index (κ1) is 14.5. The molecular formula is C13H8F6N. The molecule has 1 radical (unpaired) electrons. The fourth-order valence-corrected chi connectivity index (χ4v) is 1.96. The van der Waals surface area contributed by atoms with Crippen molar-refractivity contribution in [1.29, 1.82) is 0 Å². The van der Waals surface area contributed by atoms with Crippen molar-refractivity contribution in [2.75, 3.05) is 0 Å². The Hall–Kier alpha value is -1.92. The minimum Gasteiger partial charge on any atom is -0.342 e. The molecule has 7 heteroatoms. The van der Waals surface area contributed by atoms with Crippen LogP contribution in [-0.2, 0) is 19.4 Å². The fourth-order valence-electron chi connectivity index (χ4n) is 1.96. The molecule has 0 spiro atoms. The molecule has 0 aliphatic carbocycles. The number of benzene rings is 1. The molecule has 0 amide bonds. The maximum Gasteiger partial charge on any atom is 0.417 e. The van der Waals surface area contributed by atoms with Crippen LogP contribution in [0.4, 0.5) is 26.3 Å². The highest BCUT2D eigenvalue weighted by Crippen LogP contribution is 2.44. The first-order chi connectivity index (χ1) is 9.12. The van der Waals surface area contributed by atoms with Gasteiger partial charge >= 0.3 is 12.4 Å². The third-order valence-corrected chi connectivity index (χ3v) is 2.80. The highest BCUT2D eigenvalue weighted by molar-refractivity contribution is 5.70. The Morgan fingerprint density at radius 3 is 1.75 bits per heavy atom. The van der Waals surface area contributed by atoms with Gasteiger partial charge in [0.15, 0.2) is 0 Å². The summed E-state index contributed by atoms with van der Waals surface area (Å²) in [5.74, 6) is 0. The number of aromatic nitrogens is 1. The molecule has 0 saturated carbocycles. The van der Waals surface area contributed by atoms with E-state index in [1.807, 2.05) is 0 Å². The van der Waals surface area contributed by atoms with Crippen LogP contribution in [0.5, 0.6) is 0 Å². The normalized spacial score (nSPS) is 12.8. The summed E-state index contributed by atoms with van der Waals surface area (Å²) >= 11 is 0. The maximum absolute atomic E-state index is 13.0. The van der Waals surface area contributed by atoms with Gasteiger partial charge in [-0.15, -0.1) is 0 Å². The van der Waals surface area contributed by atoms with Gasteiger partial charge < -0.3 is 4.57 Å². The average molecular weight is 292 g/mol. The topological polar surface area (TPSA) is 4.93 Å². The van der Waals surface area contributed by atoms with Crippen LogP contribution in [0.3, 0.4) is 0 Å². The first-order valence-corrected chi connectivity index (χ1v) is 5.43. The van der Waals surface area contributed by atoms with Crippen LogP contribution in [0.1, 0.15) is 11.1 Å². The van der Waals surface area contributed by atoms with E-state index in [4.69, 9.17) is 0 Å². The van der Waals surface area contributed by atoms with Gasteiger partial charge in [0.2, 0.25) is 0 Å². The number of hydrogen-bond acceptors (Lipinski definition) is 0. The van der Waals surface area contributed by atoms with Crippen LogP contribution in [0.15, 0.2) is 30.3 Å². The zero-order chi connectivity index (χ0) is 15.1. The van der Waals surface area contributed by atoms with Gasteiger partial charge in [-0.2, -0.15) is 26.3 Å². The quantitative estimate of drug-likeness (QED) is 0.681. The van der Waals surface area contributed by atoms with E-state index in [2.05, 4.69) is 6.20 Å². The molecular weight excluding hydrogens is 284 g/mol.